The second-order valence-corrected chi connectivity index (χ2v) is 5.57. The third kappa shape index (κ3) is 7.37. The molecule has 0 saturated heterocycles. The van der Waals surface area contributed by atoms with Crippen LogP contribution in [0.2, 0.25) is 0 Å². The Morgan fingerprint density at radius 1 is 1.24 bits per heavy atom. The maximum atomic E-state index is 12.0. The van der Waals surface area contributed by atoms with Gasteiger partial charge in [0.1, 0.15) is 0 Å². The highest BCUT2D eigenvalue weighted by molar-refractivity contribution is 5.78. The second-order valence-electron chi connectivity index (χ2n) is 5.57. The molecular weight excluding hydrogens is 214 g/mol. The zero-order valence-electron chi connectivity index (χ0n) is 12.0. The fourth-order valence-electron chi connectivity index (χ4n) is 2.15. The van der Waals surface area contributed by atoms with E-state index in [0.29, 0.717) is 18.4 Å². The molecule has 0 aromatic carbocycles. The average Bonchev–Trinajstić information content (AvgIpc) is 2.21. The lowest BCUT2D eigenvalue weighted by Gasteiger charge is -2.21. The third-order valence-electron chi connectivity index (χ3n) is 3.11. The lowest BCUT2D eigenvalue weighted by molar-refractivity contribution is -0.126. The molecule has 0 aliphatic rings. The highest BCUT2D eigenvalue weighted by atomic mass is 16.3. The summed E-state index contributed by atoms with van der Waals surface area (Å²) in [5.74, 6) is 1.01. The van der Waals surface area contributed by atoms with Gasteiger partial charge in [-0.1, -0.05) is 34.1 Å². The first kappa shape index (κ1) is 16.4. The smallest absolute Gasteiger partial charge is 0.223 e. The fourth-order valence-corrected chi connectivity index (χ4v) is 2.15. The zero-order valence-corrected chi connectivity index (χ0v) is 12.0. The van der Waals surface area contributed by atoms with Crippen molar-refractivity contribution in [3.8, 4) is 0 Å². The molecule has 0 rings (SSSR count). The van der Waals surface area contributed by atoms with Crippen molar-refractivity contribution in [1.29, 1.82) is 0 Å². The van der Waals surface area contributed by atoms with Crippen LogP contribution in [0.5, 0.6) is 0 Å². The standard InChI is InChI=1S/C14H29NO2/c1-6-7-13(10(2)3)14(17)15-9-11(4)8-12(5)16/h10-13,16H,6-9H2,1-5H3,(H,15,17). The van der Waals surface area contributed by atoms with Gasteiger partial charge in [-0.2, -0.15) is 0 Å². The molecule has 0 radical (unpaired) electrons. The summed E-state index contributed by atoms with van der Waals surface area (Å²) in [5.41, 5.74) is 0. The summed E-state index contributed by atoms with van der Waals surface area (Å²) in [6, 6.07) is 0. The Balaban J connectivity index is 4.05. The number of aliphatic hydroxyl groups excluding tert-OH is 1. The summed E-state index contributed by atoms with van der Waals surface area (Å²) in [6.07, 6.45) is 2.44. The van der Waals surface area contributed by atoms with E-state index in [4.69, 9.17) is 0 Å². The van der Waals surface area contributed by atoms with Gasteiger partial charge in [0.2, 0.25) is 5.91 Å². The van der Waals surface area contributed by atoms with Gasteiger partial charge in [0.25, 0.3) is 0 Å². The summed E-state index contributed by atoms with van der Waals surface area (Å²) in [7, 11) is 0. The highest BCUT2D eigenvalue weighted by Gasteiger charge is 2.21. The summed E-state index contributed by atoms with van der Waals surface area (Å²) in [6.45, 7) is 10.8. The molecule has 0 saturated carbocycles. The van der Waals surface area contributed by atoms with Gasteiger partial charge >= 0.3 is 0 Å². The summed E-state index contributed by atoms with van der Waals surface area (Å²) in [4.78, 5) is 12.0. The Morgan fingerprint density at radius 3 is 2.24 bits per heavy atom. The number of nitrogens with one attached hydrogen (secondary N) is 1. The first-order valence-electron chi connectivity index (χ1n) is 6.84. The quantitative estimate of drug-likeness (QED) is 0.688. The summed E-state index contributed by atoms with van der Waals surface area (Å²) in [5, 5.41) is 12.3. The van der Waals surface area contributed by atoms with Gasteiger partial charge in [-0.15, -0.1) is 0 Å². The molecule has 0 fully saturated rings. The van der Waals surface area contributed by atoms with Crippen molar-refractivity contribution in [2.45, 2.75) is 60.0 Å². The molecular formula is C14H29NO2. The number of aliphatic hydroxyl groups is 1. The van der Waals surface area contributed by atoms with Gasteiger partial charge in [-0.3, -0.25) is 4.79 Å². The van der Waals surface area contributed by atoms with Crippen LogP contribution >= 0.6 is 0 Å². The van der Waals surface area contributed by atoms with E-state index in [1.807, 2.05) is 0 Å². The molecule has 0 aromatic rings. The topological polar surface area (TPSA) is 49.3 Å². The number of hydrogen-bond donors (Lipinski definition) is 2. The van der Waals surface area contributed by atoms with E-state index in [-0.39, 0.29) is 17.9 Å². The first-order chi connectivity index (χ1) is 7.88. The molecule has 0 aromatic heterocycles. The molecule has 1 amide bonds. The van der Waals surface area contributed by atoms with Crippen LogP contribution in [0.1, 0.15) is 53.9 Å². The molecule has 3 heteroatoms. The van der Waals surface area contributed by atoms with Gasteiger partial charge in [0.05, 0.1) is 6.10 Å². The van der Waals surface area contributed by atoms with E-state index >= 15 is 0 Å². The molecule has 3 nitrogen and oxygen atoms in total. The van der Waals surface area contributed by atoms with Crippen molar-refractivity contribution >= 4 is 5.91 Å². The maximum absolute atomic E-state index is 12.0. The van der Waals surface area contributed by atoms with E-state index in [1.165, 1.54) is 0 Å². The maximum Gasteiger partial charge on any atom is 0.223 e. The van der Waals surface area contributed by atoms with Crippen LogP contribution in [0.3, 0.4) is 0 Å². The van der Waals surface area contributed by atoms with Crippen LogP contribution in [0.4, 0.5) is 0 Å². The Hall–Kier alpha value is -0.570. The molecule has 0 aliphatic carbocycles. The number of amides is 1. The molecule has 0 spiro atoms. The van der Waals surface area contributed by atoms with Crippen LogP contribution in [-0.2, 0) is 4.79 Å². The van der Waals surface area contributed by atoms with Crippen molar-refractivity contribution in [1.82, 2.24) is 5.32 Å². The monoisotopic (exact) mass is 243 g/mol. The predicted octanol–water partition coefficient (Wildman–Crippen LogP) is 2.58. The van der Waals surface area contributed by atoms with Crippen molar-refractivity contribution in [3.05, 3.63) is 0 Å². The lowest BCUT2D eigenvalue weighted by atomic mass is 9.90. The van der Waals surface area contributed by atoms with E-state index in [1.54, 1.807) is 6.92 Å². The Morgan fingerprint density at radius 2 is 1.82 bits per heavy atom. The predicted molar refractivity (Wildman–Crippen MR) is 71.7 cm³/mol. The number of carbonyl (C=O) groups is 1. The summed E-state index contributed by atoms with van der Waals surface area (Å²) >= 11 is 0. The normalized spacial score (nSPS) is 16.6. The van der Waals surface area contributed by atoms with Crippen molar-refractivity contribution in [2.24, 2.45) is 17.8 Å². The Labute approximate surface area is 106 Å². The van der Waals surface area contributed by atoms with Crippen molar-refractivity contribution < 1.29 is 9.90 Å². The molecule has 0 aliphatic heterocycles. The van der Waals surface area contributed by atoms with Crippen LogP contribution in [0.15, 0.2) is 0 Å². The van der Waals surface area contributed by atoms with Gasteiger partial charge < -0.3 is 10.4 Å². The zero-order chi connectivity index (χ0) is 13.4. The molecule has 0 heterocycles. The van der Waals surface area contributed by atoms with E-state index < -0.39 is 0 Å². The molecule has 102 valence electrons. The number of carbonyl (C=O) groups excluding carboxylic acids is 1. The van der Waals surface area contributed by atoms with Gasteiger partial charge in [0, 0.05) is 12.5 Å². The van der Waals surface area contributed by atoms with E-state index in [2.05, 4.69) is 33.0 Å². The van der Waals surface area contributed by atoms with Gasteiger partial charge in [0.15, 0.2) is 0 Å². The SMILES string of the molecule is CCCC(C(=O)NCC(C)CC(C)O)C(C)C. The number of rotatable bonds is 8. The lowest BCUT2D eigenvalue weighted by Crippen LogP contribution is -2.36. The molecule has 0 bridgehead atoms. The second kappa shape index (κ2) is 8.51. The molecule has 2 N–H and O–H groups in total. The van der Waals surface area contributed by atoms with Crippen LogP contribution in [0.25, 0.3) is 0 Å². The number of hydrogen-bond acceptors (Lipinski definition) is 2. The first-order valence-corrected chi connectivity index (χ1v) is 6.84. The van der Waals surface area contributed by atoms with Crippen LogP contribution in [-0.4, -0.2) is 23.7 Å². The minimum Gasteiger partial charge on any atom is -0.393 e. The van der Waals surface area contributed by atoms with E-state index in [0.717, 1.165) is 19.3 Å². The Kier molecular flexibility index (Phi) is 8.23. The average molecular weight is 243 g/mol. The van der Waals surface area contributed by atoms with Crippen molar-refractivity contribution in [2.75, 3.05) is 6.54 Å². The van der Waals surface area contributed by atoms with Crippen molar-refractivity contribution in [3.63, 3.8) is 0 Å². The largest absolute Gasteiger partial charge is 0.393 e. The van der Waals surface area contributed by atoms with Crippen LogP contribution in [0, 0.1) is 17.8 Å². The van der Waals surface area contributed by atoms with E-state index in [9.17, 15) is 9.90 Å². The summed E-state index contributed by atoms with van der Waals surface area (Å²) < 4.78 is 0. The third-order valence-corrected chi connectivity index (χ3v) is 3.11. The molecule has 17 heavy (non-hydrogen) atoms. The van der Waals surface area contributed by atoms with Gasteiger partial charge in [-0.05, 0) is 31.6 Å². The van der Waals surface area contributed by atoms with Gasteiger partial charge in [-0.25, -0.2) is 0 Å². The molecule has 3 atom stereocenters. The molecule has 3 unspecified atom stereocenters. The minimum absolute atomic E-state index is 0.124. The highest BCUT2D eigenvalue weighted by Crippen LogP contribution is 2.17. The minimum atomic E-state index is -0.293. The Bertz CT molecular complexity index is 214. The van der Waals surface area contributed by atoms with Crippen LogP contribution < -0.4 is 5.32 Å². The fraction of sp³-hybridized carbons (Fsp3) is 0.929.